The van der Waals surface area contributed by atoms with Gasteiger partial charge in [-0.15, -0.1) is 0 Å². The van der Waals surface area contributed by atoms with Gasteiger partial charge in [0.1, 0.15) is 0 Å². The van der Waals surface area contributed by atoms with E-state index in [2.05, 4.69) is 54.0 Å². The van der Waals surface area contributed by atoms with Crippen LogP contribution in [-0.2, 0) is 4.79 Å². The molecule has 4 rings (SSSR count). The summed E-state index contributed by atoms with van der Waals surface area (Å²) in [6.07, 6.45) is 3.97. The van der Waals surface area contributed by atoms with E-state index in [9.17, 15) is 9.59 Å². The monoisotopic (exact) mass is 499 g/mol. The highest BCUT2D eigenvalue weighted by molar-refractivity contribution is 9.10. The van der Waals surface area contributed by atoms with Crippen molar-refractivity contribution in [3.05, 3.63) is 51.3 Å². The molecule has 0 bridgehead atoms. The number of carbonyl (C=O) groups excluding carboxylic acids is 2. The maximum atomic E-state index is 13.3. The Labute approximate surface area is 197 Å². The SMILES string of the molecule is CC1=CC(C)=NC(=O)C1CNC(=O)c1cc2cc(Br)cn2c(C(C)N2CCNCC2)c1C. The number of hydrogen-bond donors (Lipinski definition) is 2. The van der Waals surface area contributed by atoms with E-state index >= 15 is 0 Å². The lowest BCUT2D eigenvalue weighted by Gasteiger charge is -2.34. The number of halogens is 1. The summed E-state index contributed by atoms with van der Waals surface area (Å²) in [7, 11) is 0. The van der Waals surface area contributed by atoms with E-state index in [1.54, 1.807) is 0 Å². The van der Waals surface area contributed by atoms with Gasteiger partial charge in [0.2, 0.25) is 0 Å². The van der Waals surface area contributed by atoms with Gasteiger partial charge in [-0.1, -0.05) is 5.57 Å². The third-order valence-corrected chi connectivity index (χ3v) is 6.97. The van der Waals surface area contributed by atoms with E-state index in [0.717, 1.165) is 53.0 Å². The predicted molar refractivity (Wildman–Crippen MR) is 130 cm³/mol. The Morgan fingerprint density at radius 1 is 1.28 bits per heavy atom. The molecule has 170 valence electrons. The van der Waals surface area contributed by atoms with E-state index in [1.165, 1.54) is 0 Å². The lowest BCUT2D eigenvalue weighted by Crippen LogP contribution is -2.45. The van der Waals surface area contributed by atoms with Crippen molar-refractivity contribution >= 4 is 39.0 Å². The maximum Gasteiger partial charge on any atom is 0.254 e. The topological polar surface area (TPSA) is 78.2 Å². The van der Waals surface area contributed by atoms with Crippen LogP contribution in [0.1, 0.15) is 48.4 Å². The number of nitrogens with zero attached hydrogens (tertiary/aromatic N) is 3. The average molecular weight is 500 g/mol. The van der Waals surface area contributed by atoms with Gasteiger partial charge in [0, 0.05) is 71.9 Å². The molecule has 7 nitrogen and oxygen atoms in total. The molecule has 0 radical (unpaired) electrons. The minimum absolute atomic E-state index is 0.161. The first-order valence-electron chi connectivity index (χ1n) is 11.1. The van der Waals surface area contributed by atoms with Crippen molar-refractivity contribution in [1.82, 2.24) is 19.9 Å². The normalized spacial score (nSPS) is 20.8. The Hall–Kier alpha value is -2.29. The number of dihydropyridines is 1. The minimum atomic E-state index is -0.409. The fourth-order valence-corrected chi connectivity index (χ4v) is 5.22. The Balaban J connectivity index is 1.64. The van der Waals surface area contributed by atoms with Gasteiger partial charge < -0.3 is 15.0 Å². The molecule has 0 aliphatic carbocycles. The van der Waals surface area contributed by atoms with Gasteiger partial charge in [-0.2, -0.15) is 0 Å². The Kier molecular flexibility index (Phi) is 6.65. The van der Waals surface area contributed by atoms with Crippen molar-refractivity contribution in [3.8, 4) is 0 Å². The van der Waals surface area contributed by atoms with E-state index in [4.69, 9.17) is 0 Å². The molecule has 2 aromatic heterocycles. The molecular weight excluding hydrogens is 470 g/mol. The first-order valence-corrected chi connectivity index (χ1v) is 11.9. The molecule has 32 heavy (non-hydrogen) atoms. The molecule has 2 aromatic rings. The molecule has 1 fully saturated rings. The second-order valence-electron chi connectivity index (χ2n) is 8.73. The van der Waals surface area contributed by atoms with Gasteiger partial charge in [0.05, 0.1) is 5.92 Å². The van der Waals surface area contributed by atoms with E-state index in [-0.39, 0.29) is 24.4 Å². The number of amides is 2. The van der Waals surface area contributed by atoms with Crippen LogP contribution in [0.4, 0.5) is 0 Å². The van der Waals surface area contributed by atoms with Gasteiger partial charge in [0.25, 0.3) is 11.8 Å². The van der Waals surface area contributed by atoms with Crippen LogP contribution >= 0.6 is 15.9 Å². The molecule has 2 aliphatic rings. The third kappa shape index (κ3) is 4.44. The zero-order chi connectivity index (χ0) is 23.0. The summed E-state index contributed by atoms with van der Waals surface area (Å²) in [6, 6.07) is 4.12. The quantitative estimate of drug-likeness (QED) is 0.661. The third-order valence-electron chi connectivity index (χ3n) is 6.53. The molecule has 0 saturated carbocycles. The van der Waals surface area contributed by atoms with E-state index in [0.29, 0.717) is 11.3 Å². The number of nitrogens with one attached hydrogen (secondary N) is 2. The molecule has 4 heterocycles. The highest BCUT2D eigenvalue weighted by atomic mass is 79.9. The van der Waals surface area contributed by atoms with Crippen LogP contribution in [0.5, 0.6) is 0 Å². The number of pyridine rings is 1. The number of hydrogen-bond acceptors (Lipinski definition) is 4. The molecule has 2 atom stereocenters. The van der Waals surface area contributed by atoms with Gasteiger partial charge in [-0.05, 0) is 67.4 Å². The molecule has 8 heteroatoms. The van der Waals surface area contributed by atoms with Crippen molar-refractivity contribution in [3.63, 3.8) is 0 Å². The molecule has 2 N–H and O–H groups in total. The van der Waals surface area contributed by atoms with Crippen LogP contribution in [0.15, 0.2) is 39.4 Å². The number of aliphatic imine (C=N–C) groups is 1. The summed E-state index contributed by atoms with van der Waals surface area (Å²) >= 11 is 3.59. The molecule has 1 saturated heterocycles. The predicted octanol–water partition coefficient (Wildman–Crippen LogP) is 3.27. The smallest absolute Gasteiger partial charge is 0.254 e. The van der Waals surface area contributed by atoms with Crippen molar-refractivity contribution < 1.29 is 9.59 Å². The fourth-order valence-electron chi connectivity index (χ4n) is 4.78. The van der Waals surface area contributed by atoms with Crippen LogP contribution < -0.4 is 10.6 Å². The number of aromatic nitrogens is 1. The van der Waals surface area contributed by atoms with Crippen molar-refractivity contribution in [1.29, 1.82) is 0 Å². The summed E-state index contributed by atoms with van der Waals surface area (Å²) in [5.41, 5.74) is 5.32. The van der Waals surface area contributed by atoms with Crippen LogP contribution in [0, 0.1) is 12.8 Å². The summed E-state index contributed by atoms with van der Waals surface area (Å²) in [5.74, 6) is -0.769. The van der Waals surface area contributed by atoms with Gasteiger partial charge in [-0.25, -0.2) is 4.99 Å². The first-order chi connectivity index (χ1) is 15.3. The Morgan fingerprint density at radius 2 is 2.00 bits per heavy atom. The molecular formula is C24H30BrN5O2. The lowest BCUT2D eigenvalue weighted by molar-refractivity contribution is -0.120. The molecule has 2 unspecified atom stereocenters. The van der Waals surface area contributed by atoms with Crippen molar-refractivity contribution in [2.24, 2.45) is 10.9 Å². The second-order valence-corrected chi connectivity index (χ2v) is 9.64. The van der Waals surface area contributed by atoms with Crippen molar-refractivity contribution in [2.75, 3.05) is 32.7 Å². The van der Waals surface area contributed by atoms with Crippen LogP contribution in [0.25, 0.3) is 5.52 Å². The summed E-state index contributed by atoms with van der Waals surface area (Å²) in [6.45, 7) is 12.1. The van der Waals surface area contributed by atoms with Crippen molar-refractivity contribution in [2.45, 2.75) is 33.7 Å². The number of piperazine rings is 1. The summed E-state index contributed by atoms with van der Waals surface area (Å²) in [5, 5.41) is 6.39. The maximum absolute atomic E-state index is 13.3. The van der Waals surface area contributed by atoms with Gasteiger partial charge in [-0.3, -0.25) is 14.5 Å². The lowest BCUT2D eigenvalue weighted by atomic mass is 9.95. The Bertz CT molecular complexity index is 1130. The van der Waals surface area contributed by atoms with Crippen LogP contribution in [0.2, 0.25) is 0 Å². The number of carbonyl (C=O) groups is 2. The Morgan fingerprint density at radius 3 is 2.69 bits per heavy atom. The molecule has 0 aromatic carbocycles. The minimum Gasteiger partial charge on any atom is -0.351 e. The second kappa shape index (κ2) is 9.29. The first kappa shape index (κ1) is 22.9. The molecule has 2 amide bonds. The number of rotatable bonds is 5. The number of fused-ring (bicyclic) bond motifs is 1. The molecule has 0 spiro atoms. The zero-order valence-corrected chi connectivity index (χ0v) is 20.6. The zero-order valence-electron chi connectivity index (χ0n) is 19.0. The highest BCUT2D eigenvalue weighted by Crippen LogP contribution is 2.30. The van der Waals surface area contributed by atoms with Gasteiger partial charge in [0.15, 0.2) is 0 Å². The molecule has 2 aliphatic heterocycles. The van der Waals surface area contributed by atoms with E-state index < -0.39 is 5.92 Å². The van der Waals surface area contributed by atoms with Gasteiger partial charge >= 0.3 is 0 Å². The largest absolute Gasteiger partial charge is 0.351 e. The summed E-state index contributed by atoms with van der Waals surface area (Å²) < 4.78 is 3.16. The van der Waals surface area contributed by atoms with Crippen LogP contribution in [-0.4, -0.2) is 59.6 Å². The van der Waals surface area contributed by atoms with Crippen LogP contribution in [0.3, 0.4) is 0 Å². The summed E-state index contributed by atoms with van der Waals surface area (Å²) in [4.78, 5) is 32.1. The fraction of sp³-hybridized carbons (Fsp3) is 0.458. The average Bonchev–Trinajstić information content (AvgIpc) is 3.12. The van der Waals surface area contributed by atoms with E-state index in [1.807, 2.05) is 39.0 Å². The highest BCUT2D eigenvalue weighted by Gasteiger charge is 2.27. The standard InChI is InChI=1S/C24H30BrN5O2/c1-14-9-15(2)28-24(32)21(14)12-27-23(31)20-11-19-10-18(25)13-30(19)22(16(20)3)17(4)29-7-5-26-6-8-29/h9-11,13,17,21,26H,5-8,12H2,1-4H3,(H,27,31). The number of allylic oxidation sites excluding steroid dienone is 1.